The van der Waals surface area contributed by atoms with Gasteiger partial charge in [-0.3, -0.25) is 24.2 Å². The van der Waals surface area contributed by atoms with Crippen LogP contribution in [0.3, 0.4) is 0 Å². The lowest BCUT2D eigenvalue weighted by Gasteiger charge is -2.24. The molecule has 4 N–H and O–H groups in total. The zero-order chi connectivity index (χ0) is 37.9. The Hall–Kier alpha value is -5.85. The fourth-order valence-corrected chi connectivity index (χ4v) is 6.36. The third-order valence-corrected chi connectivity index (χ3v) is 9.55. The summed E-state index contributed by atoms with van der Waals surface area (Å²) in [6.45, 7) is 2.72. The maximum atomic E-state index is 13.5. The molecule has 4 aromatic rings. The molecule has 13 heteroatoms. The fraction of sp³-hybridized carbons (Fsp3) is 0.375. The number of esters is 2. The minimum absolute atomic E-state index is 0.163. The molecule has 13 nitrogen and oxygen atoms in total. The first-order chi connectivity index (χ1) is 25.6. The zero-order valence-corrected chi connectivity index (χ0v) is 30.1. The molecule has 1 unspecified atom stereocenters. The Morgan fingerprint density at radius 1 is 0.943 bits per heavy atom. The molecule has 3 aromatic carbocycles. The van der Waals surface area contributed by atoms with Crippen molar-refractivity contribution in [1.29, 1.82) is 0 Å². The Labute approximate surface area is 307 Å². The molecule has 278 valence electrons. The molecule has 0 aliphatic carbocycles. The largest absolute Gasteiger partial charge is 0.467 e. The fourth-order valence-electron chi connectivity index (χ4n) is 6.36. The van der Waals surface area contributed by atoms with Crippen molar-refractivity contribution in [3.05, 3.63) is 84.1 Å². The van der Waals surface area contributed by atoms with Crippen molar-refractivity contribution in [2.24, 2.45) is 5.92 Å². The van der Waals surface area contributed by atoms with Crippen molar-refractivity contribution in [1.82, 2.24) is 20.9 Å². The molecule has 4 amide bonds. The van der Waals surface area contributed by atoms with Gasteiger partial charge in [0.05, 0.1) is 30.4 Å². The first-order valence-corrected chi connectivity index (χ1v) is 17.8. The van der Waals surface area contributed by atoms with Crippen LogP contribution in [0.4, 0.5) is 5.69 Å². The van der Waals surface area contributed by atoms with E-state index in [9.17, 15) is 28.8 Å². The lowest BCUT2D eigenvalue weighted by molar-refractivity contribution is -0.146. The average molecular weight is 724 g/mol. The van der Waals surface area contributed by atoms with Crippen LogP contribution in [0.25, 0.3) is 21.7 Å². The Balaban J connectivity index is 1.41. The second-order valence-electron chi connectivity index (χ2n) is 13.3. The van der Waals surface area contributed by atoms with Gasteiger partial charge in [-0.2, -0.15) is 0 Å². The number of ether oxygens (including phenoxy) is 2. The van der Waals surface area contributed by atoms with Crippen LogP contribution in [-0.2, 0) is 33.4 Å². The van der Waals surface area contributed by atoms with E-state index < -0.39 is 49.0 Å². The Morgan fingerprint density at radius 3 is 2.51 bits per heavy atom. The van der Waals surface area contributed by atoms with E-state index in [0.29, 0.717) is 36.9 Å². The van der Waals surface area contributed by atoms with Crippen LogP contribution in [0.1, 0.15) is 74.2 Å². The smallest absolute Gasteiger partial charge is 0.338 e. The third kappa shape index (κ3) is 10.1. The van der Waals surface area contributed by atoms with Gasteiger partial charge in [0.25, 0.3) is 0 Å². The van der Waals surface area contributed by atoms with Gasteiger partial charge in [0.15, 0.2) is 6.04 Å². The molecule has 6 rings (SSSR count). The lowest BCUT2D eigenvalue weighted by atomic mass is 9.88. The Morgan fingerprint density at radius 2 is 1.72 bits per heavy atom. The minimum Gasteiger partial charge on any atom is -0.467 e. The van der Waals surface area contributed by atoms with Gasteiger partial charge in [-0.05, 0) is 65.3 Å². The number of nitrogens with zero attached hydrogens (tertiary/aromatic N) is 1. The van der Waals surface area contributed by atoms with Crippen molar-refractivity contribution in [2.75, 3.05) is 25.6 Å². The molecule has 3 heterocycles. The maximum Gasteiger partial charge on any atom is 0.338 e. The summed E-state index contributed by atoms with van der Waals surface area (Å²) in [4.78, 5) is 82.5. The van der Waals surface area contributed by atoms with Gasteiger partial charge >= 0.3 is 11.9 Å². The highest BCUT2D eigenvalue weighted by Crippen LogP contribution is 2.31. The van der Waals surface area contributed by atoms with Gasteiger partial charge in [0, 0.05) is 24.4 Å². The number of fused-ring (bicyclic) bond motifs is 19. The quantitative estimate of drug-likeness (QED) is 0.164. The number of anilines is 1. The minimum atomic E-state index is -1.32. The van der Waals surface area contributed by atoms with Gasteiger partial charge in [-0.1, -0.05) is 69.2 Å². The molecule has 53 heavy (non-hydrogen) atoms. The first-order valence-electron chi connectivity index (χ1n) is 17.8. The van der Waals surface area contributed by atoms with Gasteiger partial charge in [0.2, 0.25) is 23.6 Å². The van der Waals surface area contributed by atoms with Crippen molar-refractivity contribution >= 4 is 62.9 Å². The van der Waals surface area contributed by atoms with Crippen LogP contribution in [0.2, 0.25) is 0 Å². The zero-order valence-electron chi connectivity index (χ0n) is 30.1. The summed E-state index contributed by atoms with van der Waals surface area (Å²) in [7, 11) is 1.14. The molecule has 4 atom stereocenters. The van der Waals surface area contributed by atoms with Crippen LogP contribution in [-0.4, -0.2) is 72.9 Å². The summed E-state index contributed by atoms with van der Waals surface area (Å²) in [5, 5.41) is 13.3. The van der Waals surface area contributed by atoms with Crippen molar-refractivity contribution in [3.8, 4) is 0 Å². The van der Waals surface area contributed by atoms with Crippen LogP contribution in [0.15, 0.2) is 72.9 Å². The standard InChI is InChI=1S/C40H45N5O8/c1-4-24(2)36-38(49)42-22-35(48)44-32(40(51)52-3)23-53-39(50)30-17-16-28-19-27(14-15-29(28)20-30)26(9-5-6-13-33(46)45-36)21-34(47)43-31-12-7-10-25-11-8-18-41-37(25)31/h7-8,10-12,14-20,24,26,32,36H,4-6,9,13,21-23H2,1-3H3,(H,42,49)(H,43,47)(H,44,48)(H,45,46)/t24-,26?,32-,36-/m0/s1. The van der Waals surface area contributed by atoms with Crippen LogP contribution in [0.5, 0.6) is 0 Å². The number of carbonyl (C=O) groups excluding carboxylic acids is 6. The summed E-state index contributed by atoms with van der Waals surface area (Å²) >= 11 is 0. The lowest BCUT2D eigenvalue weighted by Crippen LogP contribution is -2.53. The average Bonchev–Trinajstić information content (AvgIpc) is 3.17. The van der Waals surface area contributed by atoms with Crippen LogP contribution >= 0.6 is 0 Å². The predicted octanol–water partition coefficient (Wildman–Crippen LogP) is 4.54. The molecule has 2 aliphatic rings. The topological polar surface area (TPSA) is 182 Å². The third-order valence-electron chi connectivity index (χ3n) is 9.55. The van der Waals surface area contributed by atoms with E-state index >= 15 is 0 Å². The molecule has 0 saturated carbocycles. The number of hydrogen-bond acceptors (Lipinski definition) is 9. The van der Waals surface area contributed by atoms with E-state index in [0.717, 1.165) is 28.8 Å². The summed E-state index contributed by atoms with van der Waals surface area (Å²) in [5.41, 5.74) is 2.47. The number of nitrogens with one attached hydrogen (secondary N) is 4. The summed E-state index contributed by atoms with van der Waals surface area (Å²) in [6, 6.07) is 18.0. The highest BCUT2D eigenvalue weighted by Gasteiger charge is 2.28. The number of benzene rings is 3. The van der Waals surface area contributed by atoms with Crippen LogP contribution in [0, 0.1) is 5.92 Å². The number of para-hydroxylation sites is 1. The van der Waals surface area contributed by atoms with E-state index in [1.807, 2.05) is 62.4 Å². The molecule has 0 fully saturated rings. The van der Waals surface area contributed by atoms with E-state index in [2.05, 4.69) is 26.3 Å². The van der Waals surface area contributed by atoms with Gasteiger partial charge in [-0.25, -0.2) is 9.59 Å². The molecular formula is C40H45N5O8. The number of hydrogen-bond donors (Lipinski definition) is 4. The number of aromatic nitrogens is 1. The molecular weight excluding hydrogens is 678 g/mol. The number of carbonyl (C=O) groups is 6. The molecule has 2 aliphatic heterocycles. The summed E-state index contributed by atoms with van der Waals surface area (Å²) in [5.74, 6) is -3.73. The van der Waals surface area contributed by atoms with Gasteiger partial charge < -0.3 is 30.7 Å². The molecule has 0 saturated heterocycles. The number of methoxy groups -OCH3 is 1. The van der Waals surface area contributed by atoms with E-state index in [4.69, 9.17) is 9.47 Å². The second-order valence-corrected chi connectivity index (χ2v) is 13.3. The normalized spacial score (nSPS) is 19.9. The SMILES string of the molecule is CC[C@H](C)[C@@H]1NC(=O)CCCCC(CC(=O)Nc2cccc3cccnc23)c2ccc3cc(ccc3c2)C(=O)OC[C@@H](C(=O)OC)NC(=O)CNC1=O. The highest BCUT2D eigenvalue weighted by atomic mass is 16.5. The van der Waals surface area contributed by atoms with Crippen molar-refractivity contribution in [2.45, 2.75) is 70.4 Å². The monoisotopic (exact) mass is 723 g/mol. The molecule has 0 radical (unpaired) electrons. The first kappa shape index (κ1) is 38.4. The molecule has 1 aromatic heterocycles. The van der Waals surface area contributed by atoms with Gasteiger partial charge in [0.1, 0.15) is 12.6 Å². The Bertz CT molecular complexity index is 1990. The maximum absolute atomic E-state index is 13.5. The van der Waals surface area contributed by atoms with Crippen LogP contribution < -0.4 is 21.3 Å². The number of amides is 4. The molecule has 0 spiro atoms. The second kappa shape index (κ2) is 18.1. The van der Waals surface area contributed by atoms with E-state index in [1.54, 1.807) is 24.4 Å². The number of rotatable bonds is 6. The Kier molecular flexibility index (Phi) is 13.1. The highest BCUT2D eigenvalue weighted by molar-refractivity contribution is 6.01. The van der Waals surface area contributed by atoms with Crippen molar-refractivity contribution < 1.29 is 38.2 Å². The van der Waals surface area contributed by atoms with Crippen molar-refractivity contribution in [3.63, 3.8) is 0 Å². The van der Waals surface area contributed by atoms with Gasteiger partial charge in [-0.15, -0.1) is 0 Å². The summed E-state index contributed by atoms with van der Waals surface area (Å²) in [6.07, 6.45) is 4.36. The summed E-state index contributed by atoms with van der Waals surface area (Å²) < 4.78 is 10.2. The molecule has 4 bridgehead atoms. The van der Waals surface area contributed by atoms with E-state index in [1.165, 1.54) is 0 Å². The predicted molar refractivity (Wildman–Crippen MR) is 199 cm³/mol. The number of pyridine rings is 1. The van der Waals surface area contributed by atoms with E-state index in [-0.39, 0.29) is 42.1 Å².